The molecule has 0 aliphatic heterocycles. The molecule has 15 nitrogen and oxygen atoms in total. The van der Waals surface area contributed by atoms with Gasteiger partial charge in [-0.05, 0) is 13.8 Å². The highest BCUT2D eigenvalue weighted by atomic mass is 16.4. The van der Waals surface area contributed by atoms with Gasteiger partial charge in [-0.2, -0.15) is 0 Å². The Labute approximate surface area is 175 Å². The van der Waals surface area contributed by atoms with Crippen LogP contribution in [0.2, 0.25) is 0 Å². The normalized spacial score (nSPS) is 16.5. The summed E-state index contributed by atoms with van der Waals surface area (Å²) in [5.74, 6) is -8.31. The van der Waals surface area contributed by atoms with Gasteiger partial charge in [-0.1, -0.05) is 0 Å². The summed E-state index contributed by atoms with van der Waals surface area (Å²) in [4.78, 5) is 69.5. The molecule has 0 heterocycles. The smallest absolute Gasteiger partial charge is 0.326 e. The summed E-state index contributed by atoms with van der Waals surface area (Å²) in [6, 6.07) is -6.95. The Morgan fingerprint density at radius 2 is 1.16 bits per heavy atom. The number of aliphatic hydroxyl groups excluding tert-OH is 2. The molecule has 0 saturated carbocycles. The van der Waals surface area contributed by atoms with Crippen molar-refractivity contribution in [2.75, 3.05) is 0 Å². The molecular formula is C16H26N4O11. The maximum atomic E-state index is 12.4. The van der Waals surface area contributed by atoms with Gasteiger partial charge in [0.05, 0.1) is 25.0 Å². The second-order valence-electron chi connectivity index (χ2n) is 6.65. The van der Waals surface area contributed by atoms with E-state index in [2.05, 4.69) is 0 Å². The van der Waals surface area contributed by atoms with Crippen molar-refractivity contribution < 1.29 is 54.3 Å². The third-order valence-corrected chi connectivity index (χ3v) is 3.89. The number of carboxylic acid groups (broad SMARTS) is 3. The fourth-order valence-electron chi connectivity index (χ4n) is 2.17. The van der Waals surface area contributed by atoms with E-state index >= 15 is 0 Å². The molecule has 0 radical (unpaired) electrons. The van der Waals surface area contributed by atoms with Crippen molar-refractivity contribution in [2.45, 2.75) is 63.1 Å². The van der Waals surface area contributed by atoms with E-state index in [1.807, 2.05) is 16.0 Å². The average Bonchev–Trinajstić information content (AvgIpc) is 2.62. The first-order chi connectivity index (χ1) is 14.2. The van der Waals surface area contributed by atoms with Crippen molar-refractivity contribution in [3.05, 3.63) is 0 Å². The first kappa shape index (κ1) is 27.7. The molecule has 3 amide bonds. The third-order valence-electron chi connectivity index (χ3n) is 3.89. The number of aliphatic carboxylic acids is 3. The minimum absolute atomic E-state index is 0.949. The van der Waals surface area contributed by atoms with E-state index in [1.54, 1.807) is 0 Å². The molecule has 0 aromatic rings. The maximum absolute atomic E-state index is 12.4. The number of hydrogen-bond donors (Lipinski definition) is 9. The quantitative estimate of drug-likeness (QED) is 0.129. The summed E-state index contributed by atoms with van der Waals surface area (Å²) in [6.07, 6.45) is -4.89. The van der Waals surface area contributed by atoms with Crippen LogP contribution in [-0.4, -0.2) is 97.5 Å². The van der Waals surface area contributed by atoms with Crippen molar-refractivity contribution in [3.8, 4) is 0 Å². The van der Waals surface area contributed by atoms with Gasteiger partial charge >= 0.3 is 17.9 Å². The number of carbonyl (C=O) groups is 6. The summed E-state index contributed by atoms with van der Waals surface area (Å²) >= 11 is 0. The molecular weight excluding hydrogens is 424 g/mol. The monoisotopic (exact) mass is 450 g/mol. The van der Waals surface area contributed by atoms with Crippen molar-refractivity contribution in [1.29, 1.82) is 0 Å². The lowest BCUT2D eigenvalue weighted by molar-refractivity contribution is -0.148. The van der Waals surface area contributed by atoms with Crippen molar-refractivity contribution in [1.82, 2.24) is 16.0 Å². The van der Waals surface area contributed by atoms with Crippen LogP contribution in [0.4, 0.5) is 0 Å². The molecule has 0 rings (SSSR count). The molecule has 0 aromatic heterocycles. The average molecular weight is 450 g/mol. The van der Waals surface area contributed by atoms with E-state index in [4.69, 9.17) is 21.1 Å². The Hall–Kier alpha value is -3.30. The van der Waals surface area contributed by atoms with Gasteiger partial charge in [0.15, 0.2) is 0 Å². The van der Waals surface area contributed by atoms with Gasteiger partial charge in [-0.25, -0.2) is 4.79 Å². The number of hydrogen-bond acceptors (Lipinski definition) is 9. The number of carboxylic acids is 3. The number of nitrogens with two attached hydrogens (primary N) is 1. The summed E-state index contributed by atoms with van der Waals surface area (Å²) in [6.45, 7) is 2.23. The lowest BCUT2D eigenvalue weighted by Crippen LogP contribution is -2.60. The van der Waals surface area contributed by atoms with Crippen LogP contribution in [0, 0.1) is 0 Å². The number of aliphatic hydroxyl groups is 2. The van der Waals surface area contributed by atoms with E-state index < -0.39 is 84.8 Å². The predicted molar refractivity (Wildman–Crippen MR) is 99.3 cm³/mol. The van der Waals surface area contributed by atoms with Crippen LogP contribution in [0.5, 0.6) is 0 Å². The standard InChI is InChI=1S/C16H26N4O11/c1-5(21)11(17)14(28)18-7(3-9(23)24)13(27)20-12(6(2)22)15(29)19-8(16(30)31)4-10(25)26/h5-8,11-12,21-22H,3-4,17H2,1-2H3,(H,18,28)(H,19,29)(H,20,27)(H,23,24)(H,25,26)(H,30,31). The zero-order valence-corrected chi connectivity index (χ0v) is 16.6. The van der Waals surface area contributed by atoms with Crippen LogP contribution in [0.1, 0.15) is 26.7 Å². The molecule has 0 aliphatic carbocycles. The van der Waals surface area contributed by atoms with Gasteiger partial charge in [-0.15, -0.1) is 0 Å². The molecule has 6 unspecified atom stereocenters. The third kappa shape index (κ3) is 9.83. The van der Waals surface area contributed by atoms with E-state index in [0.717, 1.165) is 6.92 Å². The molecule has 176 valence electrons. The van der Waals surface area contributed by atoms with Crippen molar-refractivity contribution in [3.63, 3.8) is 0 Å². The van der Waals surface area contributed by atoms with Crippen LogP contribution in [0.25, 0.3) is 0 Å². The lowest BCUT2D eigenvalue weighted by atomic mass is 10.1. The molecule has 6 atom stereocenters. The van der Waals surface area contributed by atoms with Gasteiger partial charge in [-0.3, -0.25) is 24.0 Å². The van der Waals surface area contributed by atoms with Crippen LogP contribution < -0.4 is 21.7 Å². The molecule has 0 aliphatic rings. The summed E-state index contributed by atoms with van der Waals surface area (Å²) in [7, 11) is 0. The first-order valence-corrected chi connectivity index (χ1v) is 8.86. The van der Waals surface area contributed by atoms with Crippen molar-refractivity contribution >= 4 is 35.6 Å². The topological polar surface area (TPSA) is 266 Å². The largest absolute Gasteiger partial charge is 0.481 e. The highest BCUT2D eigenvalue weighted by molar-refractivity contribution is 5.96. The summed E-state index contributed by atoms with van der Waals surface area (Å²) in [5.41, 5.74) is 5.41. The molecule has 15 heteroatoms. The van der Waals surface area contributed by atoms with Gasteiger partial charge < -0.3 is 47.2 Å². The van der Waals surface area contributed by atoms with Crippen LogP contribution in [0.3, 0.4) is 0 Å². The second kappa shape index (κ2) is 12.4. The zero-order chi connectivity index (χ0) is 24.5. The fourth-order valence-corrected chi connectivity index (χ4v) is 2.17. The van der Waals surface area contributed by atoms with E-state index in [9.17, 15) is 39.0 Å². The Morgan fingerprint density at radius 3 is 1.55 bits per heavy atom. The Bertz CT molecular complexity index is 710. The Balaban J connectivity index is 5.48. The second-order valence-corrected chi connectivity index (χ2v) is 6.65. The van der Waals surface area contributed by atoms with Crippen LogP contribution in [0.15, 0.2) is 0 Å². The molecule has 0 fully saturated rings. The van der Waals surface area contributed by atoms with Crippen LogP contribution >= 0.6 is 0 Å². The summed E-state index contributed by atoms with van der Waals surface area (Å²) in [5, 5.41) is 51.5. The van der Waals surface area contributed by atoms with Crippen LogP contribution in [-0.2, 0) is 28.8 Å². The minimum Gasteiger partial charge on any atom is -0.481 e. The molecule has 10 N–H and O–H groups in total. The molecule has 0 aromatic carbocycles. The zero-order valence-electron chi connectivity index (χ0n) is 16.6. The highest BCUT2D eigenvalue weighted by Gasteiger charge is 2.34. The number of carbonyl (C=O) groups excluding carboxylic acids is 3. The number of nitrogens with one attached hydrogen (secondary N) is 3. The SMILES string of the molecule is CC(O)C(N)C(=O)NC(CC(=O)O)C(=O)NC(C(=O)NC(CC(=O)O)C(=O)O)C(C)O. The predicted octanol–water partition coefficient (Wildman–Crippen LogP) is -4.44. The number of rotatable bonds is 13. The van der Waals surface area contributed by atoms with E-state index in [0.29, 0.717) is 0 Å². The van der Waals surface area contributed by atoms with Gasteiger partial charge in [0.1, 0.15) is 24.2 Å². The molecule has 31 heavy (non-hydrogen) atoms. The minimum atomic E-state index is -1.87. The molecule has 0 bridgehead atoms. The van der Waals surface area contributed by atoms with Gasteiger partial charge in [0.2, 0.25) is 17.7 Å². The Kier molecular flexibility index (Phi) is 11.1. The van der Waals surface area contributed by atoms with Gasteiger partial charge in [0, 0.05) is 0 Å². The Morgan fingerprint density at radius 1 is 0.710 bits per heavy atom. The van der Waals surface area contributed by atoms with Gasteiger partial charge in [0.25, 0.3) is 0 Å². The number of amides is 3. The van der Waals surface area contributed by atoms with E-state index in [-0.39, 0.29) is 0 Å². The highest BCUT2D eigenvalue weighted by Crippen LogP contribution is 2.02. The first-order valence-electron chi connectivity index (χ1n) is 8.86. The molecule has 0 spiro atoms. The fraction of sp³-hybridized carbons (Fsp3) is 0.625. The maximum Gasteiger partial charge on any atom is 0.326 e. The lowest BCUT2D eigenvalue weighted by Gasteiger charge is -2.26. The van der Waals surface area contributed by atoms with Crippen molar-refractivity contribution in [2.24, 2.45) is 5.73 Å². The summed E-state index contributed by atoms with van der Waals surface area (Å²) < 4.78 is 0. The molecule has 0 saturated heterocycles. The van der Waals surface area contributed by atoms with E-state index in [1.165, 1.54) is 6.92 Å².